The van der Waals surface area contributed by atoms with E-state index in [0.29, 0.717) is 6.54 Å². The standard InChI is InChI=1S/C8H19NO2/c1-6(2)8(10)5-9-11-7(3)4/h6-10H,5H2,1-4H3. The van der Waals surface area contributed by atoms with Crippen molar-refractivity contribution in [3.63, 3.8) is 0 Å². The second-order valence-corrected chi connectivity index (χ2v) is 3.33. The molecule has 3 nitrogen and oxygen atoms in total. The van der Waals surface area contributed by atoms with Gasteiger partial charge in [0.15, 0.2) is 0 Å². The van der Waals surface area contributed by atoms with Crippen molar-refractivity contribution >= 4 is 0 Å². The smallest absolute Gasteiger partial charge is 0.0734 e. The fourth-order valence-corrected chi connectivity index (χ4v) is 0.536. The van der Waals surface area contributed by atoms with Crippen molar-refractivity contribution < 1.29 is 9.94 Å². The zero-order valence-corrected chi connectivity index (χ0v) is 7.79. The molecule has 0 aliphatic rings. The molecule has 0 heterocycles. The summed E-state index contributed by atoms with van der Waals surface area (Å²) in [5.41, 5.74) is 2.72. The normalized spacial score (nSPS) is 14.5. The van der Waals surface area contributed by atoms with Crippen LogP contribution in [0.25, 0.3) is 0 Å². The Balaban J connectivity index is 3.24. The van der Waals surface area contributed by atoms with Gasteiger partial charge in [-0.25, -0.2) is 0 Å². The highest BCUT2D eigenvalue weighted by Crippen LogP contribution is 1.98. The monoisotopic (exact) mass is 161 g/mol. The molecule has 0 aromatic rings. The van der Waals surface area contributed by atoms with Crippen LogP contribution in [0.1, 0.15) is 27.7 Å². The molecule has 1 unspecified atom stereocenters. The lowest BCUT2D eigenvalue weighted by molar-refractivity contribution is -0.0300. The van der Waals surface area contributed by atoms with Gasteiger partial charge in [-0.15, -0.1) is 0 Å². The summed E-state index contributed by atoms with van der Waals surface area (Å²) in [5.74, 6) is 0.276. The average Bonchev–Trinajstić information content (AvgIpc) is 1.86. The fourth-order valence-electron chi connectivity index (χ4n) is 0.536. The lowest BCUT2D eigenvalue weighted by atomic mass is 10.1. The van der Waals surface area contributed by atoms with Crippen LogP contribution in [0.5, 0.6) is 0 Å². The van der Waals surface area contributed by atoms with E-state index in [1.807, 2.05) is 27.7 Å². The molecule has 68 valence electrons. The molecular weight excluding hydrogens is 142 g/mol. The second kappa shape index (κ2) is 5.52. The molecule has 1 atom stereocenters. The topological polar surface area (TPSA) is 41.5 Å². The van der Waals surface area contributed by atoms with E-state index in [4.69, 9.17) is 4.84 Å². The Labute approximate surface area is 68.7 Å². The maximum atomic E-state index is 9.30. The summed E-state index contributed by atoms with van der Waals surface area (Å²) in [7, 11) is 0. The number of aliphatic hydroxyl groups excluding tert-OH is 1. The Hall–Kier alpha value is -0.120. The largest absolute Gasteiger partial charge is 0.391 e. The molecule has 0 radical (unpaired) electrons. The van der Waals surface area contributed by atoms with E-state index in [1.54, 1.807) is 0 Å². The molecule has 11 heavy (non-hydrogen) atoms. The minimum absolute atomic E-state index is 0.161. The first kappa shape index (κ1) is 10.9. The van der Waals surface area contributed by atoms with Gasteiger partial charge in [-0.3, -0.25) is 4.84 Å². The van der Waals surface area contributed by atoms with Gasteiger partial charge in [-0.05, 0) is 19.8 Å². The number of hydrogen-bond donors (Lipinski definition) is 2. The van der Waals surface area contributed by atoms with Gasteiger partial charge in [0.2, 0.25) is 0 Å². The van der Waals surface area contributed by atoms with Crippen LogP contribution in [-0.2, 0) is 4.84 Å². The average molecular weight is 161 g/mol. The predicted molar refractivity (Wildman–Crippen MR) is 45.1 cm³/mol. The van der Waals surface area contributed by atoms with Gasteiger partial charge in [0, 0.05) is 6.54 Å². The van der Waals surface area contributed by atoms with E-state index in [1.165, 1.54) is 0 Å². The van der Waals surface area contributed by atoms with Crippen LogP contribution >= 0.6 is 0 Å². The van der Waals surface area contributed by atoms with Crippen molar-refractivity contribution in [3.8, 4) is 0 Å². The summed E-state index contributed by atoms with van der Waals surface area (Å²) in [6, 6.07) is 0. The van der Waals surface area contributed by atoms with Crippen molar-refractivity contribution in [2.75, 3.05) is 6.54 Å². The van der Waals surface area contributed by atoms with Gasteiger partial charge in [-0.2, -0.15) is 5.48 Å². The molecule has 0 spiro atoms. The second-order valence-electron chi connectivity index (χ2n) is 3.33. The highest BCUT2D eigenvalue weighted by molar-refractivity contribution is 4.59. The minimum atomic E-state index is -0.325. The fraction of sp³-hybridized carbons (Fsp3) is 1.00. The van der Waals surface area contributed by atoms with Crippen LogP contribution in [0.4, 0.5) is 0 Å². The lowest BCUT2D eigenvalue weighted by Gasteiger charge is -2.15. The molecule has 0 bridgehead atoms. The molecule has 0 saturated carbocycles. The van der Waals surface area contributed by atoms with Crippen molar-refractivity contribution in [1.82, 2.24) is 5.48 Å². The van der Waals surface area contributed by atoms with Gasteiger partial charge in [0.25, 0.3) is 0 Å². The highest BCUT2D eigenvalue weighted by Gasteiger charge is 2.08. The first-order chi connectivity index (χ1) is 5.04. The molecule has 0 aromatic carbocycles. The molecule has 2 N–H and O–H groups in total. The maximum Gasteiger partial charge on any atom is 0.0734 e. The van der Waals surface area contributed by atoms with E-state index in [0.717, 1.165) is 0 Å². The first-order valence-electron chi connectivity index (χ1n) is 4.10. The van der Waals surface area contributed by atoms with Crippen molar-refractivity contribution in [2.45, 2.75) is 39.9 Å². The molecule has 0 rings (SSSR count). The maximum absolute atomic E-state index is 9.30. The summed E-state index contributed by atoms with van der Waals surface area (Å²) in [6.45, 7) is 8.32. The summed E-state index contributed by atoms with van der Waals surface area (Å²) in [5, 5.41) is 9.30. The Morgan fingerprint density at radius 1 is 1.27 bits per heavy atom. The van der Waals surface area contributed by atoms with E-state index >= 15 is 0 Å². The Morgan fingerprint density at radius 2 is 1.82 bits per heavy atom. The van der Waals surface area contributed by atoms with E-state index in [2.05, 4.69) is 5.48 Å². The molecule has 0 fully saturated rings. The SMILES string of the molecule is CC(C)ONCC(O)C(C)C. The van der Waals surface area contributed by atoms with E-state index in [9.17, 15) is 5.11 Å². The molecule has 0 aromatic heterocycles. The first-order valence-corrected chi connectivity index (χ1v) is 4.10. The minimum Gasteiger partial charge on any atom is -0.391 e. The van der Waals surface area contributed by atoms with Gasteiger partial charge in [-0.1, -0.05) is 13.8 Å². The molecular formula is C8H19NO2. The van der Waals surface area contributed by atoms with Gasteiger partial charge in [0.1, 0.15) is 0 Å². The third kappa shape index (κ3) is 6.28. The number of rotatable bonds is 5. The summed E-state index contributed by atoms with van der Waals surface area (Å²) in [4.78, 5) is 5.05. The van der Waals surface area contributed by atoms with Crippen LogP contribution in [0.3, 0.4) is 0 Å². The van der Waals surface area contributed by atoms with E-state index in [-0.39, 0.29) is 18.1 Å². The van der Waals surface area contributed by atoms with E-state index < -0.39 is 0 Å². The van der Waals surface area contributed by atoms with Crippen LogP contribution in [0, 0.1) is 5.92 Å². The number of hydrogen-bond acceptors (Lipinski definition) is 3. The molecule has 3 heteroatoms. The molecule has 0 saturated heterocycles. The van der Waals surface area contributed by atoms with Crippen molar-refractivity contribution in [2.24, 2.45) is 5.92 Å². The number of hydroxylamine groups is 1. The van der Waals surface area contributed by atoms with Gasteiger partial charge < -0.3 is 5.11 Å². The zero-order chi connectivity index (χ0) is 8.85. The zero-order valence-electron chi connectivity index (χ0n) is 7.79. The Morgan fingerprint density at radius 3 is 2.18 bits per heavy atom. The summed E-state index contributed by atoms with van der Waals surface area (Å²) < 4.78 is 0. The summed E-state index contributed by atoms with van der Waals surface area (Å²) in [6.07, 6.45) is -0.164. The van der Waals surface area contributed by atoms with Crippen LogP contribution in [0.2, 0.25) is 0 Å². The summed E-state index contributed by atoms with van der Waals surface area (Å²) >= 11 is 0. The molecule has 0 amide bonds. The Bertz CT molecular complexity index is 94.1. The van der Waals surface area contributed by atoms with Gasteiger partial charge >= 0.3 is 0 Å². The number of nitrogens with one attached hydrogen (secondary N) is 1. The van der Waals surface area contributed by atoms with Gasteiger partial charge in [0.05, 0.1) is 12.2 Å². The highest BCUT2D eigenvalue weighted by atomic mass is 16.7. The van der Waals surface area contributed by atoms with Crippen molar-refractivity contribution in [3.05, 3.63) is 0 Å². The quantitative estimate of drug-likeness (QED) is 0.589. The third-order valence-corrected chi connectivity index (χ3v) is 1.38. The molecule has 0 aliphatic carbocycles. The van der Waals surface area contributed by atoms with Crippen molar-refractivity contribution in [1.29, 1.82) is 0 Å². The predicted octanol–water partition coefficient (Wildman–Crippen LogP) is 0.933. The van der Waals surface area contributed by atoms with Crippen LogP contribution in [-0.4, -0.2) is 23.9 Å². The molecule has 0 aliphatic heterocycles. The Kier molecular flexibility index (Phi) is 5.46. The van der Waals surface area contributed by atoms with Crippen LogP contribution < -0.4 is 5.48 Å². The number of aliphatic hydroxyl groups is 1. The third-order valence-electron chi connectivity index (χ3n) is 1.38. The van der Waals surface area contributed by atoms with Crippen LogP contribution in [0.15, 0.2) is 0 Å². The lowest BCUT2D eigenvalue weighted by Crippen LogP contribution is -2.32.